The van der Waals surface area contributed by atoms with Crippen molar-refractivity contribution < 1.29 is 19.1 Å². The Balaban J connectivity index is 1.54. The topological polar surface area (TPSA) is 75.7 Å². The van der Waals surface area contributed by atoms with Gasteiger partial charge in [-0.1, -0.05) is 65.7 Å². The highest BCUT2D eigenvalue weighted by atomic mass is 35.5. The van der Waals surface area contributed by atoms with Crippen molar-refractivity contribution in [2.45, 2.75) is 6.61 Å². The Kier molecular flexibility index (Phi) is 6.25. The summed E-state index contributed by atoms with van der Waals surface area (Å²) >= 11 is 12.3. The number of hydrogen-bond acceptors (Lipinski definition) is 4. The molecule has 1 aliphatic heterocycles. The largest absolute Gasteiger partial charge is 0.489 e. The molecule has 0 atom stereocenters. The molecule has 8 heteroatoms. The molecule has 1 saturated heterocycles. The van der Waals surface area contributed by atoms with Gasteiger partial charge in [-0.2, -0.15) is 0 Å². The SMILES string of the molecule is O=C1NC(=O)N(c2ccccc2Cl)C(=O)/C1=C/c1ccc(OCc2ccccc2Cl)cc1. The van der Waals surface area contributed by atoms with Crippen molar-refractivity contribution in [2.75, 3.05) is 4.90 Å². The van der Waals surface area contributed by atoms with Crippen LogP contribution in [0.4, 0.5) is 10.5 Å². The Morgan fingerprint density at radius 2 is 1.50 bits per heavy atom. The first-order valence-electron chi connectivity index (χ1n) is 9.56. The third-order valence-corrected chi connectivity index (χ3v) is 5.43. The summed E-state index contributed by atoms with van der Waals surface area (Å²) in [5.41, 5.74) is 1.45. The van der Waals surface area contributed by atoms with Crippen molar-refractivity contribution in [2.24, 2.45) is 0 Å². The van der Waals surface area contributed by atoms with Gasteiger partial charge in [0.2, 0.25) is 0 Å². The molecule has 0 unspecified atom stereocenters. The zero-order chi connectivity index (χ0) is 22.7. The summed E-state index contributed by atoms with van der Waals surface area (Å²) in [6, 6.07) is 19.8. The molecule has 1 heterocycles. The van der Waals surface area contributed by atoms with Crippen molar-refractivity contribution in [3.63, 3.8) is 0 Å². The van der Waals surface area contributed by atoms with Gasteiger partial charge in [0.25, 0.3) is 11.8 Å². The average Bonchev–Trinajstić information content (AvgIpc) is 2.78. The first-order chi connectivity index (χ1) is 15.4. The van der Waals surface area contributed by atoms with E-state index < -0.39 is 17.8 Å². The number of barbiturate groups is 1. The van der Waals surface area contributed by atoms with Crippen LogP contribution < -0.4 is 15.0 Å². The average molecular weight is 467 g/mol. The van der Waals surface area contributed by atoms with Crippen LogP contribution in [-0.4, -0.2) is 17.8 Å². The second-order valence-corrected chi connectivity index (χ2v) is 7.67. The number of ether oxygens (including phenoxy) is 1. The highest BCUT2D eigenvalue weighted by Crippen LogP contribution is 2.29. The normalized spacial score (nSPS) is 15.1. The van der Waals surface area contributed by atoms with Gasteiger partial charge in [-0.05, 0) is 42.0 Å². The first-order valence-corrected chi connectivity index (χ1v) is 10.3. The molecule has 4 amide bonds. The minimum Gasteiger partial charge on any atom is -0.489 e. The zero-order valence-corrected chi connectivity index (χ0v) is 18.1. The highest BCUT2D eigenvalue weighted by molar-refractivity contribution is 6.42. The van der Waals surface area contributed by atoms with Crippen molar-refractivity contribution in [1.82, 2.24) is 5.32 Å². The molecule has 0 saturated carbocycles. The van der Waals surface area contributed by atoms with Crippen LogP contribution in [0.3, 0.4) is 0 Å². The Hall–Kier alpha value is -3.61. The summed E-state index contributed by atoms with van der Waals surface area (Å²) in [6.45, 7) is 0.301. The molecule has 0 aromatic heterocycles. The van der Waals surface area contributed by atoms with E-state index in [-0.39, 0.29) is 16.3 Å². The molecule has 32 heavy (non-hydrogen) atoms. The molecule has 0 aliphatic carbocycles. The fourth-order valence-corrected chi connectivity index (χ4v) is 3.52. The zero-order valence-electron chi connectivity index (χ0n) is 16.5. The number of benzene rings is 3. The number of carbonyl (C=O) groups excluding carboxylic acids is 3. The van der Waals surface area contributed by atoms with Crippen molar-refractivity contribution in [1.29, 1.82) is 0 Å². The number of rotatable bonds is 5. The van der Waals surface area contributed by atoms with E-state index >= 15 is 0 Å². The Labute approximate surface area is 194 Å². The summed E-state index contributed by atoms with van der Waals surface area (Å²) in [4.78, 5) is 38.4. The van der Waals surface area contributed by atoms with Gasteiger partial charge in [0, 0.05) is 10.6 Å². The number of urea groups is 1. The van der Waals surface area contributed by atoms with Crippen LogP contribution in [0.2, 0.25) is 10.0 Å². The molecule has 0 spiro atoms. The van der Waals surface area contributed by atoms with E-state index in [0.717, 1.165) is 10.5 Å². The van der Waals surface area contributed by atoms with Crippen LogP contribution in [-0.2, 0) is 16.2 Å². The summed E-state index contributed by atoms with van der Waals surface area (Å²) < 4.78 is 5.74. The molecule has 0 radical (unpaired) electrons. The van der Waals surface area contributed by atoms with Crippen LogP contribution in [0.5, 0.6) is 5.75 Å². The monoisotopic (exact) mass is 466 g/mol. The fraction of sp³-hybridized carbons (Fsp3) is 0.0417. The van der Waals surface area contributed by atoms with E-state index in [2.05, 4.69) is 5.32 Å². The first kappa shape index (κ1) is 21.6. The van der Waals surface area contributed by atoms with Gasteiger partial charge in [0.05, 0.1) is 10.7 Å². The number of nitrogens with one attached hydrogen (secondary N) is 1. The number of para-hydroxylation sites is 1. The highest BCUT2D eigenvalue weighted by Gasteiger charge is 2.37. The van der Waals surface area contributed by atoms with E-state index in [4.69, 9.17) is 27.9 Å². The lowest BCUT2D eigenvalue weighted by atomic mass is 10.1. The van der Waals surface area contributed by atoms with E-state index in [9.17, 15) is 14.4 Å². The van der Waals surface area contributed by atoms with Gasteiger partial charge in [0.15, 0.2) is 0 Å². The molecular weight excluding hydrogens is 451 g/mol. The second kappa shape index (κ2) is 9.26. The lowest BCUT2D eigenvalue weighted by Crippen LogP contribution is -2.54. The standard InChI is InChI=1S/C24H16Cl2N2O4/c25-19-6-2-1-5-16(19)14-32-17-11-9-15(10-12-17)13-18-22(29)27-24(31)28(23(18)30)21-8-4-3-7-20(21)26/h1-13H,14H2,(H,27,29,31)/b18-13+. The molecule has 6 nitrogen and oxygen atoms in total. The number of anilines is 1. The Bertz CT molecular complexity index is 1240. The molecule has 160 valence electrons. The maximum Gasteiger partial charge on any atom is 0.335 e. The maximum atomic E-state index is 12.9. The van der Waals surface area contributed by atoms with Crippen LogP contribution in [0.1, 0.15) is 11.1 Å². The quantitative estimate of drug-likeness (QED) is 0.412. The van der Waals surface area contributed by atoms with Gasteiger partial charge in [-0.15, -0.1) is 0 Å². The van der Waals surface area contributed by atoms with Crippen LogP contribution >= 0.6 is 23.2 Å². The molecule has 1 aliphatic rings. The number of amides is 4. The van der Waals surface area contributed by atoms with Crippen LogP contribution in [0.25, 0.3) is 6.08 Å². The molecule has 1 fully saturated rings. The Morgan fingerprint density at radius 1 is 0.844 bits per heavy atom. The number of nitrogens with zero attached hydrogens (tertiary/aromatic N) is 1. The minimum atomic E-state index is -0.853. The predicted octanol–water partition coefficient (Wildman–Crippen LogP) is 5.24. The van der Waals surface area contributed by atoms with Crippen LogP contribution in [0, 0.1) is 0 Å². The van der Waals surface area contributed by atoms with Gasteiger partial charge in [-0.3, -0.25) is 14.9 Å². The molecule has 0 bridgehead atoms. The molecule has 3 aromatic carbocycles. The van der Waals surface area contributed by atoms with Crippen LogP contribution in [0.15, 0.2) is 78.4 Å². The van der Waals surface area contributed by atoms with Crippen molar-refractivity contribution >= 4 is 52.8 Å². The number of carbonyl (C=O) groups is 3. The summed E-state index contributed by atoms with van der Waals surface area (Å²) in [5, 5.41) is 3.01. The van der Waals surface area contributed by atoms with Gasteiger partial charge in [-0.25, -0.2) is 9.69 Å². The lowest BCUT2D eigenvalue weighted by molar-refractivity contribution is -0.122. The second-order valence-electron chi connectivity index (χ2n) is 6.86. The molecular formula is C24H16Cl2N2O4. The van der Waals surface area contributed by atoms with E-state index in [1.165, 1.54) is 12.1 Å². The third-order valence-electron chi connectivity index (χ3n) is 4.74. The van der Waals surface area contributed by atoms with E-state index in [0.29, 0.717) is 22.9 Å². The van der Waals surface area contributed by atoms with Crippen molar-refractivity contribution in [3.8, 4) is 5.75 Å². The minimum absolute atomic E-state index is 0.186. The van der Waals surface area contributed by atoms with Crippen molar-refractivity contribution in [3.05, 3.63) is 99.5 Å². The molecule has 1 N–H and O–H groups in total. The maximum absolute atomic E-state index is 12.9. The molecule has 4 rings (SSSR count). The summed E-state index contributed by atoms with van der Waals surface area (Å²) in [7, 11) is 0. The lowest BCUT2D eigenvalue weighted by Gasteiger charge is -2.27. The van der Waals surface area contributed by atoms with Gasteiger partial charge in [0.1, 0.15) is 17.9 Å². The predicted molar refractivity (Wildman–Crippen MR) is 123 cm³/mol. The summed E-state index contributed by atoms with van der Waals surface area (Å²) in [5.74, 6) is -0.937. The summed E-state index contributed by atoms with van der Waals surface area (Å²) in [6.07, 6.45) is 1.41. The number of halogens is 2. The van der Waals surface area contributed by atoms with E-state index in [1.54, 1.807) is 48.5 Å². The van der Waals surface area contributed by atoms with E-state index in [1.807, 2.05) is 18.2 Å². The Morgan fingerprint density at radius 3 is 2.19 bits per heavy atom. The number of imide groups is 2. The smallest absolute Gasteiger partial charge is 0.335 e. The third kappa shape index (κ3) is 4.51. The number of hydrogen-bond donors (Lipinski definition) is 1. The van der Waals surface area contributed by atoms with Gasteiger partial charge >= 0.3 is 6.03 Å². The fourth-order valence-electron chi connectivity index (χ4n) is 3.11. The molecule has 3 aromatic rings. The van der Waals surface area contributed by atoms with Gasteiger partial charge < -0.3 is 4.74 Å².